The van der Waals surface area contributed by atoms with E-state index in [9.17, 15) is 18.3 Å². The molecule has 92 valence electrons. The maximum Gasteiger partial charge on any atom is 0.389 e. The predicted octanol–water partition coefficient (Wildman–Crippen LogP) is 2.90. The summed E-state index contributed by atoms with van der Waals surface area (Å²) in [6, 6.07) is 0. The minimum absolute atomic E-state index is 0.0372. The van der Waals surface area contributed by atoms with E-state index in [4.69, 9.17) is 4.74 Å². The summed E-state index contributed by atoms with van der Waals surface area (Å²) in [6.07, 6.45) is -5.23. The number of aliphatic hydroxyl groups is 1. The van der Waals surface area contributed by atoms with Crippen LogP contribution >= 0.6 is 0 Å². The highest BCUT2D eigenvalue weighted by molar-refractivity contribution is 4.73. The first kappa shape index (κ1) is 14.7. The molecule has 0 aromatic rings. The molecule has 1 atom stereocenters. The van der Waals surface area contributed by atoms with Gasteiger partial charge in [0.1, 0.15) is 0 Å². The van der Waals surface area contributed by atoms with Crippen LogP contribution in [-0.4, -0.2) is 30.1 Å². The number of halogens is 3. The first-order chi connectivity index (χ1) is 6.66. The summed E-state index contributed by atoms with van der Waals surface area (Å²) in [4.78, 5) is 0. The zero-order valence-corrected chi connectivity index (χ0v) is 9.40. The maximum absolute atomic E-state index is 11.8. The van der Waals surface area contributed by atoms with Crippen LogP contribution in [0.3, 0.4) is 0 Å². The van der Waals surface area contributed by atoms with Crippen LogP contribution in [0.25, 0.3) is 0 Å². The van der Waals surface area contributed by atoms with Crippen LogP contribution in [0, 0.1) is 0 Å². The summed E-state index contributed by atoms with van der Waals surface area (Å²) in [5.74, 6) is 0. The van der Waals surface area contributed by atoms with Gasteiger partial charge in [-0.1, -0.05) is 0 Å². The Bertz CT molecular complexity index is 178. The highest BCUT2D eigenvalue weighted by Crippen LogP contribution is 2.24. The molecule has 5 heteroatoms. The third-order valence-electron chi connectivity index (χ3n) is 2.28. The van der Waals surface area contributed by atoms with Gasteiger partial charge in [0.2, 0.25) is 0 Å². The van der Waals surface area contributed by atoms with Crippen molar-refractivity contribution in [1.29, 1.82) is 0 Å². The molecule has 0 aliphatic carbocycles. The molecule has 0 saturated carbocycles. The van der Waals surface area contributed by atoms with E-state index in [2.05, 4.69) is 0 Å². The van der Waals surface area contributed by atoms with E-state index in [1.54, 1.807) is 13.8 Å². The van der Waals surface area contributed by atoms with Crippen molar-refractivity contribution in [2.24, 2.45) is 0 Å². The molecule has 2 nitrogen and oxygen atoms in total. The molecule has 15 heavy (non-hydrogen) atoms. The molecule has 0 heterocycles. The smallest absolute Gasteiger partial charge is 0.389 e. The fraction of sp³-hybridized carbons (Fsp3) is 1.00. The molecule has 1 unspecified atom stereocenters. The molecule has 0 fully saturated rings. The number of rotatable bonds is 6. The third kappa shape index (κ3) is 8.69. The Morgan fingerprint density at radius 2 is 1.80 bits per heavy atom. The van der Waals surface area contributed by atoms with E-state index >= 15 is 0 Å². The SMILES string of the molecule is COC(C)(C)CC(O)CCCC(F)(F)F. The Kier molecular flexibility index (Phi) is 5.59. The second-order valence-electron chi connectivity index (χ2n) is 4.33. The first-order valence-electron chi connectivity index (χ1n) is 4.96. The Morgan fingerprint density at radius 3 is 2.20 bits per heavy atom. The van der Waals surface area contributed by atoms with Crippen LogP contribution in [0.2, 0.25) is 0 Å². The minimum Gasteiger partial charge on any atom is -0.393 e. The van der Waals surface area contributed by atoms with Crippen LogP contribution in [0.4, 0.5) is 13.2 Å². The van der Waals surface area contributed by atoms with Gasteiger partial charge in [-0.2, -0.15) is 13.2 Å². The van der Waals surface area contributed by atoms with Crippen LogP contribution in [0.5, 0.6) is 0 Å². The van der Waals surface area contributed by atoms with Gasteiger partial charge in [-0.3, -0.25) is 0 Å². The number of hydrogen-bond donors (Lipinski definition) is 1. The van der Waals surface area contributed by atoms with E-state index in [-0.39, 0.29) is 12.8 Å². The van der Waals surface area contributed by atoms with Crippen molar-refractivity contribution < 1.29 is 23.0 Å². The van der Waals surface area contributed by atoms with Crippen molar-refractivity contribution >= 4 is 0 Å². The molecular weight excluding hydrogens is 209 g/mol. The summed E-state index contributed by atoms with van der Waals surface area (Å²) in [5.41, 5.74) is -0.488. The largest absolute Gasteiger partial charge is 0.393 e. The molecule has 0 amide bonds. The fourth-order valence-corrected chi connectivity index (χ4v) is 1.29. The van der Waals surface area contributed by atoms with Gasteiger partial charge in [-0.25, -0.2) is 0 Å². The van der Waals surface area contributed by atoms with Gasteiger partial charge in [0.05, 0.1) is 11.7 Å². The topological polar surface area (TPSA) is 29.5 Å². The zero-order valence-electron chi connectivity index (χ0n) is 9.40. The number of methoxy groups -OCH3 is 1. The van der Waals surface area contributed by atoms with Crippen LogP contribution in [-0.2, 0) is 4.74 Å². The van der Waals surface area contributed by atoms with E-state index in [0.29, 0.717) is 6.42 Å². The van der Waals surface area contributed by atoms with Gasteiger partial charge < -0.3 is 9.84 Å². The Labute approximate surface area is 88.4 Å². The minimum atomic E-state index is -4.13. The Hall–Kier alpha value is -0.290. The maximum atomic E-state index is 11.8. The molecule has 0 aliphatic rings. The van der Waals surface area contributed by atoms with Crippen molar-refractivity contribution in [2.45, 2.75) is 57.4 Å². The molecule has 0 aromatic carbocycles. The lowest BCUT2D eigenvalue weighted by Gasteiger charge is -2.25. The van der Waals surface area contributed by atoms with Gasteiger partial charge in [0, 0.05) is 20.0 Å². The lowest BCUT2D eigenvalue weighted by molar-refractivity contribution is -0.136. The average Bonchev–Trinajstić information content (AvgIpc) is 2.00. The van der Waals surface area contributed by atoms with Crippen molar-refractivity contribution in [3.8, 4) is 0 Å². The zero-order chi connectivity index (χ0) is 12.1. The van der Waals surface area contributed by atoms with Gasteiger partial charge in [-0.15, -0.1) is 0 Å². The number of ether oxygens (including phenoxy) is 1. The first-order valence-corrected chi connectivity index (χ1v) is 4.96. The van der Waals surface area contributed by atoms with Crippen molar-refractivity contribution in [1.82, 2.24) is 0 Å². The summed E-state index contributed by atoms with van der Waals surface area (Å²) < 4.78 is 40.5. The normalized spacial score (nSPS) is 15.4. The van der Waals surface area contributed by atoms with Gasteiger partial charge >= 0.3 is 6.18 Å². The quantitative estimate of drug-likeness (QED) is 0.757. The van der Waals surface area contributed by atoms with Crippen LogP contribution < -0.4 is 0 Å². The molecule has 0 aliphatic heterocycles. The summed E-state index contributed by atoms with van der Waals surface area (Å²) in [5, 5.41) is 9.47. The lowest BCUT2D eigenvalue weighted by atomic mass is 9.97. The van der Waals surface area contributed by atoms with E-state index < -0.39 is 24.3 Å². The number of hydrogen-bond acceptors (Lipinski definition) is 2. The second kappa shape index (κ2) is 5.70. The molecule has 0 rings (SSSR count). The molecule has 0 spiro atoms. The number of aliphatic hydroxyl groups excluding tert-OH is 1. The second-order valence-corrected chi connectivity index (χ2v) is 4.33. The van der Waals surface area contributed by atoms with Crippen molar-refractivity contribution in [3.05, 3.63) is 0 Å². The lowest BCUT2D eigenvalue weighted by Crippen LogP contribution is -2.28. The number of alkyl halides is 3. The Balaban J connectivity index is 3.71. The highest BCUT2D eigenvalue weighted by Gasteiger charge is 2.27. The third-order valence-corrected chi connectivity index (χ3v) is 2.28. The molecule has 0 aromatic heterocycles. The predicted molar refractivity (Wildman–Crippen MR) is 51.6 cm³/mol. The Morgan fingerprint density at radius 1 is 1.27 bits per heavy atom. The van der Waals surface area contributed by atoms with Crippen molar-refractivity contribution in [2.75, 3.05) is 7.11 Å². The molecule has 0 bridgehead atoms. The van der Waals surface area contributed by atoms with Gasteiger partial charge in [0.15, 0.2) is 0 Å². The highest BCUT2D eigenvalue weighted by atomic mass is 19.4. The summed E-state index contributed by atoms with van der Waals surface area (Å²) in [7, 11) is 1.52. The summed E-state index contributed by atoms with van der Waals surface area (Å²) in [6.45, 7) is 3.58. The van der Waals surface area contributed by atoms with E-state index in [1.807, 2.05) is 0 Å². The monoisotopic (exact) mass is 228 g/mol. The average molecular weight is 228 g/mol. The van der Waals surface area contributed by atoms with E-state index in [1.165, 1.54) is 7.11 Å². The van der Waals surface area contributed by atoms with E-state index in [0.717, 1.165) is 0 Å². The molecular formula is C10H19F3O2. The molecule has 0 saturated heterocycles. The van der Waals surface area contributed by atoms with Gasteiger partial charge in [-0.05, 0) is 26.7 Å². The van der Waals surface area contributed by atoms with Crippen LogP contribution in [0.1, 0.15) is 39.5 Å². The molecule has 0 radical (unpaired) electrons. The standard InChI is InChI=1S/C10H19F3O2/c1-9(2,15-3)7-8(14)5-4-6-10(11,12)13/h8,14H,4-7H2,1-3H3. The fourth-order valence-electron chi connectivity index (χ4n) is 1.29. The summed E-state index contributed by atoms with van der Waals surface area (Å²) >= 11 is 0. The van der Waals surface area contributed by atoms with Crippen LogP contribution in [0.15, 0.2) is 0 Å². The van der Waals surface area contributed by atoms with Gasteiger partial charge in [0.25, 0.3) is 0 Å². The van der Waals surface area contributed by atoms with Crippen molar-refractivity contribution in [3.63, 3.8) is 0 Å². The molecule has 1 N–H and O–H groups in total.